The Morgan fingerprint density at radius 1 is 1.11 bits per heavy atom. The van der Waals surface area contributed by atoms with Crippen molar-refractivity contribution in [3.63, 3.8) is 0 Å². The lowest BCUT2D eigenvalue weighted by Crippen LogP contribution is -2.32. The number of amides is 2. The van der Waals surface area contributed by atoms with Crippen LogP contribution in [-0.4, -0.2) is 49.3 Å². The predicted octanol–water partition coefficient (Wildman–Crippen LogP) is 3.42. The SMILES string of the molecule is COc1cccc(C2CCN(C(=O)Nc3ccc(C(=O)O)cc3)C2)c1OC. The van der Waals surface area contributed by atoms with E-state index in [4.69, 9.17) is 14.6 Å². The first-order valence-electron chi connectivity index (χ1n) is 8.63. The Balaban J connectivity index is 1.67. The van der Waals surface area contributed by atoms with Crippen LogP contribution in [0.15, 0.2) is 42.5 Å². The van der Waals surface area contributed by atoms with Crippen molar-refractivity contribution in [1.29, 1.82) is 0 Å². The second-order valence-electron chi connectivity index (χ2n) is 6.33. The Hall–Kier alpha value is -3.22. The number of rotatable bonds is 5. The van der Waals surface area contributed by atoms with Crippen LogP contribution < -0.4 is 14.8 Å². The van der Waals surface area contributed by atoms with E-state index in [2.05, 4.69) is 5.32 Å². The molecule has 2 aromatic carbocycles. The summed E-state index contributed by atoms with van der Waals surface area (Å²) in [6, 6.07) is 11.7. The number of nitrogens with zero attached hydrogens (tertiary/aromatic N) is 1. The number of likely N-dealkylation sites (tertiary alicyclic amines) is 1. The number of carbonyl (C=O) groups excluding carboxylic acids is 1. The summed E-state index contributed by atoms with van der Waals surface area (Å²) in [6.07, 6.45) is 0.828. The monoisotopic (exact) mass is 370 g/mol. The Morgan fingerprint density at radius 2 is 1.85 bits per heavy atom. The van der Waals surface area contributed by atoms with Crippen LogP contribution in [0.3, 0.4) is 0 Å². The summed E-state index contributed by atoms with van der Waals surface area (Å²) in [5.41, 5.74) is 1.77. The van der Waals surface area contributed by atoms with Gasteiger partial charge in [-0.1, -0.05) is 12.1 Å². The molecule has 142 valence electrons. The van der Waals surface area contributed by atoms with Crippen LogP contribution in [0.25, 0.3) is 0 Å². The highest BCUT2D eigenvalue weighted by Crippen LogP contribution is 2.39. The number of hydrogen-bond donors (Lipinski definition) is 2. The van der Waals surface area contributed by atoms with E-state index in [0.29, 0.717) is 30.3 Å². The van der Waals surface area contributed by atoms with Gasteiger partial charge in [0.15, 0.2) is 11.5 Å². The zero-order chi connectivity index (χ0) is 19.4. The number of ether oxygens (including phenoxy) is 2. The highest BCUT2D eigenvalue weighted by Gasteiger charge is 2.30. The fraction of sp³-hybridized carbons (Fsp3) is 0.300. The summed E-state index contributed by atoms with van der Waals surface area (Å²) in [4.78, 5) is 25.2. The van der Waals surface area contributed by atoms with Crippen molar-refractivity contribution in [3.05, 3.63) is 53.6 Å². The number of benzene rings is 2. The molecule has 7 heteroatoms. The number of anilines is 1. The van der Waals surface area contributed by atoms with Gasteiger partial charge in [0, 0.05) is 30.3 Å². The van der Waals surface area contributed by atoms with Crippen LogP contribution in [0.1, 0.15) is 28.3 Å². The van der Waals surface area contributed by atoms with E-state index >= 15 is 0 Å². The lowest BCUT2D eigenvalue weighted by molar-refractivity contribution is 0.0697. The summed E-state index contributed by atoms with van der Waals surface area (Å²) < 4.78 is 10.9. The Morgan fingerprint density at radius 3 is 2.48 bits per heavy atom. The fourth-order valence-corrected chi connectivity index (χ4v) is 3.33. The number of carboxylic acid groups (broad SMARTS) is 1. The fourth-order valence-electron chi connectivity index (χ4n) is 3.33. The topological polar surface area (TPSA) is 88.1 Å². The van der Waals surface area contributed by atoms with Crippen LogP contribution in [0, 0.1) is 0 Å². The zero-order valence-electron chi connectivity index (χ0n) is 15.3. The summed E-state index contributed by atoms with van der Waals surface area (Å²) in [5.74, 6) is 0.547. The van der Waals surface area contributed by atoms with E-state index in [1.54, 1.807) is 31.3 Å². The Labute approximate surface area is 157 Å². The third-order valence-corrected chi connectivity index (χ3v) is 4.73. The van der Waals surface area contributed by atoms with Gasteiger partial charge in [0.25, 0.3) is 0 Å². The lowest BCUT2D eigenvalue weighted by atomic mass is 9.97. The first-order chi connectivity index (χ1) is 13.0. The Bertz CT molecular complexity index is 835. The summed E-state index contributed by atoms with van der Waals surface area (Å²) in [7, 11) is 3.22. The molecule has 1 fully saturated rings. The van der Waals surface area contributed by atoms with Crippen LogP contribution >= 0.6 is 0 Å². The van der Waals surface area contributed by atoms with Crippen LogP contribution in [0.5, 0.6) is 11.5 Å². The molecule has 7 nitrogen and oxygen atoms in total. The lowest BCUT2D eigenvalue weighted by Gasteiger charge is -2.19. The molecule has 1 aliphatic rings. The van der Waals surface area contributed by atoms with Crippen molar-refractivity contribution in [2.45, 2.75) is 12.3 Å². The Kier molecular flexibility index (Phi) is 5.49. The average molecular weight is 370 g/mol. The molecule has 2 aromatic rings. The molecular formula is C20H22N2O5. The van der Waals surface area contributed by atoms with Crippen LogP contribution in [0.4, 0.5) is 10.5 Å². The molecule has 0 aromatic heterocycles. The number of urea groups is 1. The second-order valence-corrected chi connectivity index (χ2v) is 6.33. The van der Waals surface area contributed by atoms with Gasteiger partial charge in [-0.05, 0) is 36.8 Å². The van der Waals surface area contributed by atoms with E-state index in [-0.39, 0.29) is 17.5 Å². The van der Waals surface area contributed by atoms with E-state index in [1.807, 2.05) is 18.2 Å². The minimum absolute atomic E-state index is 0.162. The van der Waals surface area contributed by atoms with Crippen LogP contribution in [0.2, 0.25) is 0 Å². The molecule has 1 heterocycles. The minimum atomic E-state index is -0.998. The van der Waals surface area contributed by atoms with Gasteiger partial charge in [-0.25, -0.2) is 9.59 Å². The molecule has 1 unspecified atom stereocenters. The molecule has 2 N–H and O–H groups in total. The van der Waals surface area contributed by atoms with Crippen molar-refractivity contribution in [2.24, 2.45) is 0 Å². The van der Waals surface area contributed by atoms with Crippen molar-refractivity contribution < 1.29 is 24.2 Å². The molecule has 1 atom stereocenters. The first-order valence-corrected chi connectivity index (χ1v) is 8.63. The highest BCUT2D eigenvalue weighted by molar-refractivity contribution is 5.91. The normalized spacial score (nSPS) is 16.1. The maximum Gasteiger partial charge on any atom is 0.335 e. The zero-order valence-corrected chi connectivity index (χ0v) is 15.3. The summed E-state index contributed by atoms with van der Waals surface area (Å²) >= 11 is 0. The molecular weight excluding hydrogens is 348 g/mol. The molecule has 0 spiro atoms. The van der Waals surface area contributed by atoms with E-state index < -0.39 is 5.97 Å². The van der Waals surface area contributed by atoms with Gasteiger partial charge >= 0.3 is 12.0 Å². The molecule has 2 amide bonds. The van der Waals surface area contributed by atoms with E-state index in [9.17, 15) is 9.59 Å². The molecule has 3 rings (SSSR count). The third-order valence-electron chi connectivity index (χ3n) is 4.73. The first kappa shape index (κ1) is 18.6. The summed E-state index contributed by atoms with van der Waals surface area (Å²) in [5, 5.41) is 11.7. The van der Waals surface area contributed by atoms with Gasteiger partial charge in [0.05, 0.1) is 19.8 Å². The molecule has 0 aliphatic carbocycles. The molecule has 0 saturated carbocycles. The molecule has 0 bridgehead atoms. The van der Waals surface area contributed by atoms with Crippen molar-refractivity contribution in [2.75, 3.05) is 32.6 Å². The van der Waals surface area contributed by atoms with Gasteiger partial charge in [0.1, 0.15) is 0 Å². The molecule has 1 aliphatic heterocycles. The van der Waals surface area contributed by atoms with E-state index in [1.165, 1.54) is 12.1 Å². The van der Waals surface area contributed by atoms with Gasteiger partial charge in [-0.15, -0.1) is 0 Å². The maximum absolute atomic E-state index is 12.5. The van der Waals surface area contributed by atoms with Crippen LogP contribution in [-0.2, 0) is 0 Å². The van der Waals surface area contributed by atoms with Gasteiger partial charge in [-0.2, -0.15) is 0 Å². The van der Waals surface area contributed by atoms with Gasteiger partial charge in [0.2, 0.25) is 0 Å². The number of hydrogen-bond acceptors (Lipinski definition) is 4. The van der Waals surface area contributed by atoms with Gasteiger partial charge in [-0.3, -0.25) is 0 Å². The standard InChI is InChI=1S/C20H22N2O5/c1-26-17-5-3-4-16(18(17)27-2)14-10-11-22(12-14)20(25)21-15-8-6-13(7-9-15)19(23)24/h3-9,14H,10-12H2,1-2H3,(H,21,25)(H,23,24). The predicted molar refractivity (Wildman–Crippen MR) is 101 cm³/mol. The second kappa shape index (κ2) is 7.99. The van der Waals surface area contributed by atoms with E-state index in [0.717, 1.165) is 12.0 Å². The van der Waals surface area contributed by atoms with Crippen molar-refractivity contribution in [1.82, 2.24) is 4.90 Å². The quantitative estimate of drug-likeness (QED) is 0.842. The number of methoxy groups -OCH3 is 2. The number of para-hydroxylation sites is 1. The van der Waals surface area contributed by atoms with Gasteiger partial charge < -0.3 is 24.8 Å². The maximum atomic E-state index is 12.5. The highest BCUT2D eigenvalue weighted by atomic mass is 16.5. The van der Waals surface area contributed by atoms with Crippen molar-refractivity contribution >= 4 is 17.7 Å². The number of carboxylic acids is 1. The largest absolute Gasteiger partial charge is 0.493 e. The average Bonchev–Trinajstić information content (AvgIpc) is 3.17. The summed E-state index contributed by atoms with van der Waals surface area (Å²) in [6.45, 7) is 1.20. The smallest absolute Gasteiger partial charge is 0.335 e. The third kappa shape index (κ3) is 3.97. The number of carbonyl (C=O) groups is 2. The minimum Gasteiger partial charge on any atom is -0.493 e. The number of aromatic carboxylic acids is 1. The number of nitrogens with one attached hydrogen (secondary N) is 1. The molecule has 0 radical (unpaired) electrons. The molecule has 27 heavy (non-hydrogen) atoms. The molecule has 1 saturated heterocycles. The van der Waals surface area contributed by atoms with Crippen molar-refractivity contribution in [3.8, 4) is 11.5 Å².